The first-order chi connectivity index (χ1) is 4.79. The van der Waals surface area contributed by atoms with Crippen molar-refractivity contribution < 1.29 is 9.95 Å². The number of piperidine rings is 1. The van der Waals surface area contributed by atoms with Crippen molar-refractivity contribution in [2.45, 2.75) is 25.3 Å². The summed E-state index contributed by atoms with van der Waals surface area (Å²) in [5, 5.41) is 12.1. The summed E-state index contributed by atoms with van der Waals surface area (Å²) in [6, 6.07) is 0.378. The van der Waals surface area contributed by atoms with Crippen molar-refractivity contribution in [3.8, 4) is 0 Å². The third-order valence-electron chi connectivity index (χ3n) is 1.74. The monoisotopic (exact) mass is 143 g/mol. The van der Waals surface area contributed by atoms with Gasteiger partial charge in [0.05, 0.1) is 6.04 Å². The number of nitrogens with one attached hydrogen (secondary N) is 1. The van der Waals surface area contributed by atoms with Gasteiger partial charge in [-0.25, -0.2) is 0 Å². The number of rotatable bonds is 1. The first-order valence-electron chi connectivity index (χ1n) is 3.79. The largest absolute Gasteiger partial charge is 0.305 e. The number of hydroxylamine groups is 1. The molecule has 58 valence electrons. The van der Waals surface area contributed by atoms with Gasteiger partial charge in [0.1, 0.15) is 0 Å². The summed E-state index contributed by atoms with van der Waals surface area (Å²) in [6.07, 6.45) is 5.48. The second-order valence-electron chi connectivity index (χ2n) is 2.78. The van der Waals surface area contributed by atoms with Gasteiger partial charge < -0.3 is 5.32 Å². The molecule has 3 nitrogen and oxygen atoms in total. The van der Waals surface area contributed by atoms with E-state index in [0.717, 1.165) is 17.7 Å². The van der Waals surface area contributed by atoms with Gasteiger partial charge in [-0.05, 0) is 24.1 Å². The van der Waals surface area contributed by atoms with E-state index in [4.69, 9.17) is 5.21 Å². The van der Waals surface area contributed by atoms with Gasteiger partial charge in [-0.2, -0.15) is 0 Å². The van der Waals surface area contributed by atoms with Gasteiger partial charge in [0.2, 0.25) is 6.21 Å². The van der Waals surface area contributed by atoms with Crippen LogP contribution in [0.25, 0.3) is 0 Å². The summed E-state index contributed by atoms with van der Waals surface area (Å²) in [7, 11) is 1.64. The van der Waals surface area contributed by atoms with Gasteiger partial charge in [-0.1, -0.05) is 6.42 Å². The lowest BCUT2D eigenvalue weighted by molar-refractivity contribution is -0.752. The van der Waals surface area contributed by atoms with Gasteiger partial charge in [0, 0.05) is 0 Å². The fourth-order valence-corrected chi connectivity index (χ4v) is 1.27. The fourth-order valence-electron chi connectivity index (χ4n) is 1.27. The highest BCUT2D eigenvalue weighted by molar-refractivity contribution is 5.58. The van der Waals surface area contributed by atoms with Crippen molar-refractivity contribution in [2.24, 2.45) is 0 Å². The van der Waals surface area contributed by atoms with Crippen LogP contribution in [0.3, 0.4) is 0 Å². The Morgan fingerprint density at radius 3 is 2.90 bits per heavy atom. The quantitative estimate of drug-likeness (QED) is 0.238. The van der Waals surface area contributed by atoms with Crippen LogP contribution >= 0.6 is 0 Å². The highest BCUT2D eigenvalue weighted by atomic mass is 16.5. The van der Waals surface area contributed by atoms with E-state index in [1.807, 2.05) is 0 Å². The van der Waals surface area contributed by atoms with Crippen molar-refractivity contribution in [1.29, 1.82) is 0 Å². The maximum atomic E-state index is 8.84. The van der Waals surface area contributed by atoms with E-state index in [-0.39, 0.29) is 0 Å². The Hall–Kier alpha value is -0.570. The highest BCUT2D eigenvalue weighted by Gasteiger charge is 2.13. The first kappa shape index (κ1) is 7.54. The number of nitrogens with zero attached hydrogens (tertiary/aromatic N) is 1. The number of hydrogen-bond donors (Lipinski definition) is 2. The molecule has 0 spiro atoms. The van der Waals surface area contributed by atoms with Crippen LogP contribution in [0.4, 0.5) is 0 Å². The third-order valence-corrected chi connectivity index (χ3v) is 1.74. The molecule has 1 fully saturated rings. The molecule has 0 aromatic rings. The van der Waals surface area contributed by atoms with Gasteiger partial charge in [0.25, 0.3) is 0 Å². The molecular formula is C7H15N2O+. The summed E-state index contributed by atoms with van der Waals surface area (Å²) in [5.41, 5.74) is 0. The van der Waals surface area contributed by atoms with Crippen LogP contribution in [-0.4, -0.2) is 35.8 Å². The van der Waals surface area contributed by atoms with Crippen molar-refractivity contribution in [3.05, 3.63) is 0 Å². The predicted molar refractivity (Wildman–Crippen MR) is 39.7 cm³/mol. The fraction of sp³-hybridized carbons (Fsp3) is 0.857. The molecule has 1 unspecified atom stereocenters. The number of hydrogen-bond acceptors (Lipinski definition) is 2. The van der Waals surface area contributed by atoms with Crippen LogP contribution in [0.2, 0.25) is 0 Å². The van der Waals surface area contributed by atoms with Crippen molar-refractivity contribution in [3.63, 3.8) is 0 Å². The van der Waals surface area contributed by atoms with Crippen molar-refractivity contribution in [1.82, 2.24) is 5.32 Å². The summed E-state index contributed by atoms with van der Waals surface area (Å²) < 4.78 is 1.13. The Balaban J connectivity index is 2.33. The van der Waals surface area contributed by atoms with E-state index in [0.29, 0.717) is 6.04 Å². The second-order valence-corrected chi connectivity index (χ2v) is 2.78. The highest BCUT2D eigenvalue weighted by Crippen LogP contribution is 2.04. The lowest BCUT2D eigenvalue weighted by Crippen LogP contribution is -2.37. The SMILES string of the molecule is C[N+](O)=CC1CCCCN1. The molecule has 0 radical (unpaired) electrons. The molecule has 1 saturated heterocycles. The van der Waals surface area contributed by atoms with Crippen molar-refractivity contribution in [2.75, 3.05) is 13.6 Å². The van der Waals surface area contributed by atoms with E-state index < -0.39 is 0 Å². The van der Waals surface area contributed by atoms with E-state index >= 15 is 0 Å². The first-order valence-corrected chi connectivity index (χ1v) is 3.79. The summed E-state index contributed by atoms with van der Waals surface area (Å²) in [6.45, 7) is 1.08. The average Bonchev–Trinajstić information content (AvgIpc) is 1.88. The van der Waals surface area contributed by atoms with E-state index in [1.54, 1.807) is 13.3 Å². The molecule has 1 heterocycles. The Bertz CT molecular complexity index is 124. The van der Waals surface area contributed by atoms with Gasteiger partial charge in [-0.15, -0.1) is 0 Å². The molecule has 0 saturated carbocycles. The van der Waals surface area contributed by atoms with Gasteiger partial charge in [0.15, 0.2) is 7.05 Å². The van der Waals surface area contributed by atoms with Crippen LogP contribution in [0.5, 0.6) is 0 Å². The molecule has 0 aliphatic carbocycles. The molecule has 1 atom stereocenters. The normalized spacial score (nSPS) is 28.5. The van der Waals surface area contributed by atoms with Crippen LogP contribution in [0.15, 0.2) is 0 Å². The minimum Gasteiger partial charge on any atom is -0.305 e. The molecule has 3 heteroatoms. The Kier molecular flexibility index (Phi) is 2.68. The zero-order valence-corrected chi connectivity index (χ0v) is 6.38. The summed E-state index contributed by atoms with van der Waals surface area (Å²) in [5.74, 6) is 0. The second kappa shape index (κ2) is 3.56. The Morgan fingerprint density at radius 1 is 1.60 bits per heavy atom. The van der Waals surface area contributed by atoms with Crippen LogP contribution in [0.1, 0.15) is 19.3 Å². The van der Waals surface area contributed by atoms with Crippen LogP contribution in [0, 0.1) is 0 Å². The Labute approximate surface area is 61.3 Å². The Morgan fingerprint density at radius 2 is 2.40 bits per heavy atom. The smallest absolute Gasteiger partial charge is 0.208 e. The van der Waals surface area contributed by atoms with E-state index in [1.165, 1.54) is 12.8 Å². The average molecular weight is 143 g/mol. The molecule has 0 aromatic carbocycles. The third kappa shape index (κ3) is 2.35. The lowest BCUT2D eigenvalue weighted by Gasteiger charge is -2.16. The molecule has 0 amide bonds. The zero-order valence-electron chi connectivity index (χ0n) is 6.38. The molecule has 1 aliphatic rings. The molecule has 1 aliphatic heterocycles. The minimum atomic E-state index is 0.378. The molecule has 0 aromatic heterocycles. The molecular weight excluding hydrogens is 128 g/mol. The van der Waals surface area contributed by atoms with Crippen LogP contribution in [-0.2, 0) is 0 Å². The lowest BCUT2D eigenvalue weighted by atomic mass is 10.1. The van der Waals surface area contributed by atoms with Gasteiger partial charge >= 0.3 is 0 Å². The van der Waals surface area contributed by atoms with Gasteiger partial charge in [-0.3, -0.25) is 5.21 Å². The van der Waals surface area contributed by atoms with E-state index in [9.17, 15) is 0 Å². The minimum absolute atomic E-state index is 0.378. The maximum absolute atomic E-state index is 8.84. The van der Waals surface area contributed by atoms with Crippen LogP contribution < -0.4 is 5.32 Å². The standard InChI is InChI=1S/C7H15N2O/c1-9(10)6-7-4-2-3-5-8-7/h6-8,10H,2-5H2,1H3/q+1. The summed E-state index contributed by atoms with van der Waals surface area (Å²) >= 11 is 0. The summed E-state index contributed by atoms with van der Waals surface area (Å²) in [4.78, 5) is 0. The topological polar surface area (TPSA) is 35.3 Å². The molecule has 10 heavy (non-hydrogen) atoms. The molecule has 2 N–H and O–H groups in total. The zero-order chi connectivity index (χ0) is 7.40. The predicted octanol–water partition coefficient (Wildman–Crippen LogP) is 0.231. The maximum Gasteiger partial charge on any atom is 0.208 e. The molecule has 1 rings (SSSR count). The van der Waals surface area contributed by atoms with Crippen molar-refractivity contribution >= 4 is 6.21 Å². The molecule has 0 bridgehead atoms. The van der Waals surface area contributed by atoms with E-state index in [2.05, 4.69) is 5.32 Å².